The second-order valence-electron chi connectivity index (χ2n) is 6.54. The Bertz CT molecular complexity index is 866. The van der Waals surface area contributed by atoms with Gasteiger partial charge in [0.15, 0.2) is 5.16 Å². The van der Waals surface area contributed by atoms with Crippen LogP contribution >= 0.6 is 23.1 Å². The third kappa shape index (κ3) is 3.62. The molecule has 4 nitrogen and oxygen atoms in total. The molecule has 2 heterocycles. The number of aromatic nitrogens is 4. The number of hydrogen-bond donors (Lipinski definition) is 0. The standard InChI is InChI=1S/C18H19FN4S2/c1-11(2)16-21-22-18(23(16)15-7-8-15)25-10-14-9-24-17(20-14)12-3-5-13(19)6-4-12/h3-6,9,11,15H,7-8,10H2,1-2H3. The minimum atomic E-state index is -0.226. The number of thiazole rings is 1. The first kappa shape index (κ1) is 16.7. The summed E-state index contributed by atoms with van der Waals surface area (Å²) in [4.78, 5) is 4.68. The lowest BCUT2D eigenvalue weighted by molar-refractivity contribution is 0.599. The first-order valence-corrected chi connectivity index (χ1v) is 10.3. The molecule has 0 unspecified atom stereocenters. The highest BCUT2D eigenvalue weighted by atomic mass is 32.2. The van der Waals surface area contributed by atoms with Crippen LogP contribution < -0.4 is 0 Å². The molecule has 1 aliphatic carbocycles. The molecule has 4 rings (SSSR count). The van der Waals surface area contributed by atoms with Crippen molar-refractivity contribution in [3.63, 3.8) is 0 Å². The topological polar surface area (TPSA) is 43.6 Å². The molecule has 1 saturated carbocycles. The second-order valence-corrected chi connectivity index (χ2v) is 8.34. The molecule has 2 aromatic heterocycles. The molecule has 1 aliphatic rings. The van der Waals surface area contributed by atoms with Crippen molar-refractivity contribution in [3.8, 4) is 10.6 Å². The van der Waals surface area contributed by atoms with E-state index >= 15 is 0 Å². The van der Waals surface area contributed by atoms with Crippen LogP contribution in [0.5, 0.6) is 0 Å². The maximum absolute atomic E-state index is 13.0. The summed E-state index contributed by atoms with van der Waals surface area (Å²) in [6, 6.07) is 7.04. The van der Waals surface area contributed by atoms with Gasteiger partial charge in [-0.05, 0) is 37.1 Å². The fourth-order valence-electron chi connectivity index (χ4n) is 2.69. The van der Waals surface area contributed by atoms with Gasteiger partial charge in [-0.15, -0.1) is 21.5 Å². The van der Waals surface area contributed by atoms with Crippen LogP contribution in [0.4, 0.5) is 4.39 Å². The number of rotatable bonds is 6. The molecule has 0 bridgehead atoms. The number of benzene rings is 1. The SMILES string of the molecule is CC(C)c1nnc(SCc2csc(-c3ccc(F)cc3)n2)n1C1CC1. The average molecular weight is 375 g/mol. The van der Waals surface area contributed by atoms with Gasteiger partial charge in [-0.25, -0.2) is 9.37 Å². The normalized spacial score (nSPS) is 14.4. The van der Waals surface area contributed by atoms with E-state index in [1.165, 1.54) is 25.0 Å². The van der Waals surface area contributed by atoms with E-state index in [0.29, 0.717) is 12.0 Å². The monoisotopic (exact) mass is 374 g/mol. The van der Waals surface area contributed by atoms with Crippen LogP contribution in [0.1, 0.15) is 50.2 Å². The Kier molecular flexibility index (Phi) is 4.60. The lowest BCUT2D eigenvalue weighted by Crippen LogP contribution is -2.04. The van der Waals surface area contributed by atoms with Gasteiger partial charge in [0, 0.05) is 28.7 Å². The van der Waals surface area contributed by atoms with Crippen molar-refractivity contribution in [1.82, 2.24) is 19.7 Å². The zero-order chi connectivity index (χ0) is 17.4. The number of hydrogen-bond acceptors (Lipinski definition) is 5. The zero-order valence-electron chi connectivity index (χ0n) is 14.1. The van der Waals surface area contributed by atoms with Crippen molar-refractivity contribution >= 4 is 23.1 Å². The Morgan fingerprint density at radius 2 is 2.00 bits per heavy atom. The van der Waals surface area contributed by atoms with Crippen LogP contribution in [0.25, 0.3) is 10.6 Å². The molecule has 0 atom stereocenters. The molecule has 1 fully saturated rings. The molecule has 0 radical (unpaired) electrons. The van der Waals surface area contributed by atoms with E-state index in [2.05, 4.69) is 39.0 Å². The van der Waals surface area contributed by atoms with Gasteiger partial charge in [-0.1, -0.05) is 25.6 Å². The average Bonchev–Trinajstić information content (AvgIpc) is 3.17. The van der Waals surface area contributed by atoms with Crippen molar-refractivity contribution in [1.29, 1.82) is 0 Å². The molecule has 0 spiro atoms. The molecule has 0 saturated heterocycles. The molecular formula is C18H19FN4S2. The predicted molar refractivity (Wildman–Crippen MR) is 99.5 cm³/mol. The van der Waals surface area contributed by atoms with Crippen molar-refractivity contribution in [2.45, 2.75) is 49.6 Å². The molecule has 1 aromatic carbocycles. The fraction of sp³-hybridized carbons (Fsp3) is 0.389. The Morgan fingerprint density at radius 1 is 1.24 bits per heavy atom. The van der Waals surface area contributed by atoms with E-state index in [-0.39, 0.29) is 5.82 Å². The summed E-state index contributed by atoms with van der Waals surface area (Å²) in [6.07, 6.45) is 2.44. The summed E-state index contributed by atoms with van der Waals surface area (Å²) in [6.45, 7) is 4.32. The van der Waals surface area contributed by atoms with Crippen molar-refractivity contribution in [3.05, 3.63) is 47.0 Å². The smallest absolute Gasteiger partial charge is 0.191 e. The molecule has 0 amide bonds. The van der Waals surface area contributed by atoms with Gasteiger partial charge in [0.2, 0.25) is 0 Å². The van der Waals surface area contributed by atoms with Crippen molar-refractivity contribution in [2.24, 2.45) is 0 Å². The van der Waals surface area contributed by atoms with E-state index in [4.69, 9.17) is 0 Å². The van der Waals surface area contributed by atoms with E-state index in [1.54, 1.807) is 35.2 Å². The van der Waals surface area contributed by atoms with Gasteiger partial charge < -0.3 is 4.57 Å². The lowest BCUT2D eigenvalue weighted by atomic mass is 10.2. The van der Waals surface area contributed by atoms with Crippen molar-refractivity contribution < 1.29 is 4.39 Å². The summed E-state index contributed by atoms with van der Waals surface area (Å²) in [7, 11) is 0. The van der Waals surface area contributed by atoms with Gasteiger partial charge in [0.1, 0.15) is 16.6 Å². The molecule has 0 aliphatic heterocycles. The van der Waals surface area contributed by atoms with Crippen LogP contribution in [0.2, 0.25) is 0 Å². The molecule has 130 valence electrons. The van der Waals surface area contributed by atoms with Crippen LogP contribution in [0, 0.1) is 5.82 Å². The second kappa shape index (κ2) is 6.88. The number of thioether (sulfide) groups is 1. The van der Waals surface area contributed by atoms with E-state index < -0.39 is 0 Å². The Balaban J connectivity index is 1.48. The van der Waals surface area contributed by atoms with Crippen LogP contribution in [0.3, 0.4) is 0 Å². The van der Waals surface area contributed by atoms with Crippen LogP contribution in [-0.4, -0.2) is 19.7 Å². The number of nitrogens with zero attached hydrogens (tertiary/aromatic N) is 4. The van der Waals surface area contributed by atoms with Crippen LogP contribution in [0.15, 0.2) is 34.8 Å². The van der Waals surface area contributed by atoms with Gasteiger partial charge in [0.05, 0.1) is 5.69 Å². The summed E-state index contributed by atoms with van der Waals surface area (Å²) in [5.74, 6) is 2.00. The molecule has 0 N–H and O–H groups in total. The molecule has 7 heteroatoms. The molecule has 3 aromatic rings. The highest BCUT2D eigenvalue weighted by Gasteiger charge is 2.30. The quantitative estimate of drug-likeness (QED) is 0.550. The van der Waals surface area contributed by atoms with E-state index in [1.807, 2.05) is 0 Å². The Labute approximate surface area is 154 Å². The lowest BCUT2D eigenvalue weighted by Gasteiger charge is -2.10. The minimum absolute atomic E-state index is 0.226. The minimum Gasteiger partial charge on any atom is -0.303 e. The largest absolute Gasteiger partial charge is 0.303 e. The fourth-order valence-corrected chi connectivity index (χ4v) is 4.53. The Morgan fingerprint density at radius 3 is 2.68 bits per heavy atom. The van der Waals surface area contributed by atoms with Gasteiger partial charge in [-0.2, -0.15) is 0 Å². The summed E-state index contributed by atoms with van der Waals surface area (Å²) in [5, 5.41) is 12.8. The first-order chi connectivity index (χ1) is 12.1. The maximum atomic E-state index is 13.0. The van der Waals surface area contributed by atoms with Crippen molar-refractivity contribution in [2.75, 3.05) is 0 Å². The highest BCUT2D eigenvalue weighted by molar-refractivity contribution is 7.98. The van der Waals surface area contributed by atoms with E-state index in [9.17, 15) is 4.39 Å². The Hall–Kier alpha value is -1.73. The molecular weight excluding hydrogens is 355 g/mol. The van der Waals surface area contributed by atoms with E-state index in [0.717, 1.165) is 33.0 Å². The predicted octanol–water partition coefficient (Wildman–Crippen LogP) is 5.29. The number of halogens is 1. The molecule has 25 heavy (non-hydrogen) atoms. The third-order valence-electron chi connectivity index (χ3n) is 4.11. The summed E-state index contributed by atoms with van der Waals surface area (Å²) >= 11 is 3.28. The van der Waals surface area contributed by atoms with Crippen LogP contribution in [-0.2, 0) is 5.75 Å². The van der Waals surface area contributed by atoms with Gasteiger partial charge >= 0.3 is 0 Å². The van der Waals surface area contributed by atoms with Gasteiger partial charge in [-0.3, -0.25) is 0 Å². The summed E-state index contributed by atoms with van der Waals surface area (Å²) in [5.41, 5.74) is 1.97. The zero-order valence-corrected chi connectivity index (χ0v) is 15.8. The first-order valence-electron chi connectivity index (χ1n) is 8.39. The third-order valence-corrected chi connectivity index (χ3v) is 6.03. The summed E-state index contributed by atoms with van der Waals surface area (Å²) < 4.78 is 15.4. The van der Waals surface area contributed by atoms with Gasteiger partial charge in [0.25, 0.3) is 0 Å². The highest BCUT2D eigenvalue weighted by Crippen LogP contribution is 2.40. The maximum Gasteiger partial charge on any atom is 0.191 e.